The molecule has 0 radical (unpaired) electrons. The Morgan fingerprint density at radius 1 is 1.41 bits per heavy atom. The zero-order chi connectivity index (χ0) is 11.7. The fourth-order valence-corrected chi connectivity index (χ4v) is 3.33. The standard InChI is InChI=1S/C14H21N3/c1-11(12-4-2-7-15-10-12)16-13-6-9-17-8-3-5-14(13)17/h2,4,7,10-11,13-14,16H,3,5-6,8-9H2,1H3/t11-,13?,14?/m1/s1. The number of hydrogen-bond donors (Lipinski definition) is 1. The van der Waals surface area contributed by atoms with Crippen LogP contribution in [0.4, 0.5) is 0 Å². The Labute approximate surface area is 103 Å². The maximum Gasteiger partial charge on any atom is 0.0315 e. The van der Waals surface area contributed by atoms with Crippen LogP contribution in [0.5, 0.6) is 0 Å². The maximum atomic E-state index is 4.20. The lowest BCUT2D eigenvalue weighted by Gasteiger charge is -2.25. The van der Waals surface area contributed by atoms with Gasteiger partial charge in [0.15, 0.2) is 0 Å². The molecule has 3 rings (SSSR count). The first-order chi connectivity index (χ1) is 8.34. The number of hydrogen-bond acceptors (Lipinski definition) is 3. The van der Waals surface area contributed by atoms with Crippen molar-refractivity contribution in [2.45, 2.75) is 44.3 Å². The number of pyridine rings is 1. The predicted octanol–water partition coefficient (Wildman–Crippen LogP) is 1.97. The molecule has 2 fully saturated rings. The average molecular weight is 231 g/mol. The van der Waals surface area contributed by atoms with E-state index in [9.17, 15) is 0 Å². The number of rotatable bonds is 3. The first-order valence-corrected chi connectivity index (χ1v) is 6.74. The van der Waals surface area contributed by atoms with Crippen LogP contribution in [0.15, 0.2) is 24.5 Å². The number of aromatic nitrogens is 1. The van der Waals surface area contributed by atoms with E-state index < -0.39 is 0 Å². The Kier molecular flexibility index (Phi) is 3.12. The monoisotopic (exact) mass is 231 g/mol. The molecule has 1 aromatic heterocycles. The van der Waals surface area contributed by atoms with Crippen LogP contribution in [0, 0.1) is 0 Å². The summed E-state index contributed by atoms with van der Waals surface area (Å²) in [6.45, 7) is 4.83. The van der Waals surface area contributed by atoms with Crippen molar-refractivity contribution in [3.63, 3.8) is 0 Å². The van der Waals surface area contributed by atoms with Gasteiger partial charge in [-0.05, 0) is 44.4 Å². The molecule has 2 unspecified atom stereocenters. The highest BCUT2D eigenvalue weighted by Crippen LogP contribution is 2.29. The van der Waals surface area contributed by atoms with Crippen molar-refractivity contribution >= 4 is 0 Å². The van der Waals surface area contributed by atoms with E-state index in [1.165, 1.54) is 37.9 Å². The van der Waals surface area contributed by atoms with Gasteiger partial charge in [-0.1, -0.05) is 6.07 Å². The molecule has 0 spiro atoms. The quantitative estimate of drug-likeness (QED) is 0.862. The normalized spacial score (nSPS) is 30.4. The zero-order valence-electron chi connectivity index (χ0n) is 10.5. The summed E-state index contributed by atoms with van der Waals surface area (Å²) in [4.78, 5) is 6.84. The minimum absolute atomic E-state index is 0.411. The van der Waals surface area contributed by atoms with Gasteiger partial charge >= 0.3 is 0 Å². The molecular formula is C14H21N3. The van der Waals surface area contributed by atoms with E-state index in [1.54, 1.807) is 0 Å². The van der Waals surface area contributed by atoms with Crippen LogP contribution in [0.2, 0.25) is 0 Å². The first-order valence-electron chi connectivity index (χ1n) is 6.74. The highest BCUT2D eigenvalue weighted by molar-refractivity contribution is 5.13. The minimum Gasteiger partial charge on any atom is -0.306 e. The van der Waals surface area contributed by atoms with E-state index in [-0.39, 0.29) is 0 Å². The summed E-state index contributed by atoms with van der Waals surface area (Å²) in [5, 5.41) is 3.78. The molecule has 2 aliphatic rings. The van der Waals surface area contributed by atoms with Crippen molar-refractivity contribution in [2.75, 3.05) is 13.1 Å². The van der Waals surface area contributed by atoms with E-state index in [4.69, 9.17) is 0 Å². The Hall–Kier alpha value is -0.930. The zero-order valence-corrected chi connectivity index (χ0v) is 10.5. The van der Waals surface area contributed by atoms with E-state index in [2.05, 4.69) is 28.2 Å². The molecule has 3 heteroatoms. The third-order valence-corrected chi connectivity index (χ3v) is 4.25. The summed E-state index contributed by atoms with van der Waals surface area (Å²) in [5.41, 5.74) is 1.30. The molecule has 1 N–H and O–H groups in total. The fraction of sp³-hybridized carbons (Fsp3) is 0.643. The summed E-state index contributed by atoms with van der Waals surface area (Å²) < 4.78 is 0. The van der Waals surface area contributed by atoms with Gasteiger partial charge in [0.25, 0.3) is 0 Å². The lowest BCUT2D eigenvalue weighted by molar-refractivity contribution is 0.291. The second kappa shape index (κ2) is 4.75. The van der Waals surface area contributed by atoms with Crippen LogP contribution >= 0.6 is 0 Å². The maximum absolute atomic E-state index is 4.20. The molecule has 3 nitrogen and oxygen atoms in total. The summed E-state index contributed by atoms with van der Waals surface area (Å²) in [6, 6.07) is 6.05. The molecule has 0 aromatic carbocycles. The molecule has 0 bridgehead atoms. The van der Waals surface area contributed by atoms with Gasteiger partial charge in [0.2, 0.25) is 0 Å². The minimum atomic E-state index is 0.411. The van der Waals surface area contributed by atoms with Gasteiger partial charge in [-0.15, -0.1) is 0 Å². The summed E-state index contributed by atoms with van der Waals surface area (Å²) >= 11 is 0. The smallest absolute Gasteiger partial charge is 0.0315 e. The fourth-order valence-electron chi connectivity index (χ4n) is 3.33. The molecule has 92 valence electrons. The molecule has 3 atom stereocenters. The van der Waals surface area contributed by atoms with Crippen molar-refractivity contribution in [1.29, 1.82) is 0 Å². The molecule has 2 saturated heterocycles. The van der Waals surface area contributed by atoms with Gasteiger partial charge in [-0.2, -0.15) is 0 Å². The third kappa shape index (κ3) is 2.22. The molecular weight excluding hydrogens is 210 g/mol. The van der Waals surface area contributed by atoms with Crippen LogP contribution in [0.25, 0.3) is 0 Å². The Morgan fingerprint density at radius 3 is 3.18 bits per heavy atom. The SMILES string of the molecule is C[C@@H](NC1CCN2CCCC12)c1cccnc1. The van der Waals surface area contributed by atoms with E-state index in [0.717, 1.165) is 6.04 Å². The van der Waals surface area contributed by atoms with Crippen molar-refractivity contribution in [3.05, 3.63) is 30.1 Å². The Balaban J connectivity index is 1.64. The second-order valence-electron chi connectivity index (χ2n) is 5.32. The van der Waals surface area contributed by atoms with Gasteiger partial charge in [-0.3, -0.25) is 9.88 Å². The highest BCUT2D eigenvalue weighted by Gasteiger charge is 2.37. The molecule has 17 heavy (non-hydrogen) atoms. The predicted molar refractivity (Wildman–Crippen MR) is 68.8 cm³/mol. The van der Waals surface area contributed by atoms with Gasteiger partial charge < -0.3 is 5.32 Å². The average Bonchev–Trinajstić information content (AvgIpc) is 2.95. The van der Waals surface area contributed by atoms with Crippen molar-refractivity contribution in [3.8, 4) is 0 Å². The third-order valence-electron chi connectivity index (χ3n) is 4.25. The molecule has 0 amide bonds. The molecule has 0 aliphatic carbocycles. The van der Waals surface area contributed by atoms with E-state index in [0.29, 0.717) is 12.1 Å². The van der Waals surface area contributed by atoms with Crippen molar-refractivity contribution in [2.24, 2.45) is 0 Å². The first kappa shape index (κ1) is 11.2. The lowest BCUT2D eigenvalue weighted by Crippen LogP contribution is -2.40. The summed E-state index contributed by atoms with van der Waals surface area (Å²) in [7, 11) is 0. The van der Waals surface area contributed by atoms with Crippen LogP contribution in [0.3, 0.4) is 0 Å². The van der Waals surface area contributed by atoms with Crippen LogP contribution in [0.1, 0.15) is 37.8 Å². The largest absolute Gasteiger partial charge is 0.306 e. The van der Waals surface area contributed by atoms with Gasteiger partial charge in [0, 0.05) is 37.1 Å². The number of nitrogens with zero attached hydrogens (tertiary/aromatic N) is 2. The van der Waals surface area contributed by atoms with Crippen molar-refractivity contribution < 1.29 is 0 Å². The van der Waals surface area contributed by atoms with E-state index >= 15 is 0 Å². The van der Waals surface area contributed by atoms with E-state index in [1.807, 2.05) is 18.5 Å². The van der Waals surface area contributed by atoms with Gasteiger partial charge in [0.05, 0.1) is 0 Å². The van der Waals surface area contributed by atoms with Gasteiger partial charge in [-0.25, -0.2) is 0 Å². The Bertz CT molecular complexity index is 365. The van der Waals surface area contributed by atoms with Crippen LogP contribution in [-0.4, -0.2) is 35.1 Å². The topological polar surface area (TPSA) is 28.2 Å². The number of nitrogens with one attached hydrogen (secondary N) is 1. The van der Waals surface area contributed by atoms with Gasteiger partial charge in [0.1, 0.15) is 0 Å². The lowest BCUT2D eigenvalue weighted by atomic mass is 10.0. The highest BCUT2D eigenvalue weighted by atomic mass is 15.2. The Morgan fingerprint density at radius 2 is 2.35 bits per heavy atom. The second-order valence-corrected chi connectivity index (χ2v) is 5.32. The van der Waals surface area contributed by atoms with Crippen molar-refractivity contribution in [1.82, 2.24) is 15.2 Å². The molecule has 1 aromatic rings. The van der Waals surface area contributed by atoms with Crippen LogP contribution in [-0.2, 0) is 0 Å². The molecule has 2 aliphatic heterocycles. The molecule has 3 heterocycles. The van der Waals surface area contributed by atoms with Crippen LogP contribution < -0.4 is 5.32 Å². The summed E-state index contributed by atoms with van der Waals surface area (Å²) in [6.07, 6.45) is 7.86. The number of fused-ring (bicyclic) bond motifs is 1. The summed E-state index contributed by atoms with van der Waals surface area (Å²) in [5.74, 6) is 0. The molecule has 0 saturated carbocycles.